The molecular weight excluding hydrogens is 416 g/mol. The molecule has 4 aromatic rings. The van der Waals surface area contributed by atoms with Gasteiger partial charge in [-0.2, -0.15) is 0 Å². The summed E-state index contributed by atoms with van der Waals surface area (Å²) in [5.74, 6) is 0.398. The van der Waals surface area contributed by atoms with Crippen molar-refractivity contribution in [3.63, 3.8) is 0 Å². The van der Waals surface area contributed by atoms with E-state index in [1.807, 2.05) is 36.6 Å². The van der Waals surface area contributed by atoms with Gasteiger partial charge in [-0.3, -0.25) is 10.1 Å². The first-order valence-corrected chi connectivity index (χ1v) is 10.4. The Bertz CT molecular complexity index is 1250. The summed E-state index contributed by atoms with van der Waals surface area (Å²) in [6.07, 6.45) is -0.968. The van der Waals surface area contributed by atoms with Gasteiger partial charge in [-0.25, -0.2) is 14.8 Å². The molecule has 1 atom stereocenters. The number of esters is 1. The third-order valence-electron chi connectivity index (χ3n) is 4.58. The highest BCUT2D eigenvalue weighted by atomic mass is 32.1. The topological polar surface area (TPSA) is 106 Å². The molecule has 31 heavy (non-hydrogen) atoms. The molecule has 2 aromatic carbocycles. The summed E-state index contributed by atoms with van der Waals surface area (Å²) in [7, 11) is 1.61. The van der Waals surface area contributed by atoms with Gasteiger partial charge >= 0.3 is 5.97 Å². The minimum absolute atomic E-state index is 0.321. The second kappa shape index (κ2) is 8.57. The molecule has 0 saturated heterocycles. The van der Waals surface area contributed by atoms with Crippen molar-refractivity contribution in [2.75, 3.05) is 12.4 Å². The van der Waals surface area contributed by atoms with Crippen molar-refractivity contribution in [3.8, 4) is 17.1 Å². The van der Waals surface area contributed by atoms with Crippen LogP contribution in [-0.2, 0) is 9.53 Å². The number of rotatable bonds is 6. The van der Waals surface area contributed by atoms with E-state index >= 15 is 0 Å². The zero-order chi connectivity index (χ0) is 22.0. The largest absolute Gasteiger partial charge is 0.497 e. The predicted octanol–water partition coefficient (Wildman–Crippen LogP) is 4.19. The Balaban J connectivity index is 1.47. The Morgan fingerprint density at radius 2 is 1.90 bits per heavy atom. The number of carbonyl (C=O) groups is 2. The van der Waals surface area contributed by atoms with Crippen LogP contribution in [0, 0.1) is 6.92 Å². The first kappa shape index (κ1) is 20.5. The highest BCUT2D eigenvalue weighted by Crippen LogP contribution is 2.24. The summed E-state index contributed by atoms with van der Waals surface area (Å²) in [5, 5.41) is 4.94. The minimum atomic E-state index is -0.968. The first-order chi connectivity index (χ1) is 14.9. The van der Waals surface area contributed by atoms with Crippen LogP contribution in [0.5, 0.6) is 5.75 Å². The number of methoxy groups -OCH3 is 1. The maximum Gasteiger partial charge on any atom is 0.338 e. The highest BCUT2D eigenvalue weighted by molar-refractivity contribution is 7.13. The Morgan fingerprint density at radius 1 is 1.13 bits per heavy atom. The average Bonchev–Trinajstić information content (AvgIpc) is 3.38. The van der Waals surface area contributed by atoms with Gasteiger partial charge in [-0.1, -0.05) is 0 Å². The number of thiazole rings is 1. The van der Waals surface area contributed by atoms with Gasteiger partial charge in [-0.15, -0.1) is 11.3 Å². The Labute approximate surface area is 182 Å². The van der Waals surface area contributed by atoms with Crippen molar-refractivity contribution in [1.29, 1.82) is 0 Å². The molecule has 0 spiro atoms. The Hall–Kier alpha value is -3.72. The fraction of sp³-hybridized carbons (Fsp3) is 0.182. The van der Waals surface area contributed by atoms with E-state index in [-0.39, 0.29) is 0 Å². The summed E-state index contributed by atoms with van der Waals surface area (Å²) in [6.45, 7) is 3.35. The van der Waals surface area contributed by atoms with Gasteiger partial charge < -0.3 is 14.5 Å². The predicted molar refractivity (Wildman–Crippen MR) is 118 cm³/mol. The van der Waals surface area contributed by atoms with Crippen LogP contribution in [-0.4, -0.2) is 40.0 Å². The van der Waals surface area contributed by atoms with Crippen LogP contribution in [0.4, 0.5) is 5.13 Å². The molecule has 1 amide bonds. The lowest BCUT2D eigenvalue weighted by atomic mass is 10.2. The number of nitrogens with one attached hydrogen (secondary N) is 2. The molecule has 0 aliphatic rings. The number of H-pyrrole nitrogens is 1. The number of benzene rings is 2. The number of hydrogen-bond acceptors (Lipinski definition) is 7. The zero-order valence-electron chi connectivity index (χ0n) is 17.1. The molecule has 0 bridgehead atoms. The molecule has 1 unspecified atom stereocenters. The number of hydrogen-bond donors (Lipinski definition) is 2. The molecule has 158 valence electrons. The van der Waals surface area contributed by atoms with E-state index in [4.69, 9.17) is 9.47 Å². The number of aromatic amines is 1. The number of amides is 1. The van der Waals surface area contributed by atoms with Crippen LogP contribution >= 0.6 is 11.3 Å². The highest BCUT2D eigenvalue weighted by Gasteiger charge is 2.20. The number of nitrogens with zero attached hydrogens (tertiary/aromatic N) is 2. The van der Waals surface area contributed by atoms with Crippen LogP contribution in [0.15, 0.2) is 47.8 Å². The second-order valence-corrected chi connectivity index (χ2v) is 7.73. The van der Waals surface area contributed by atoms with E-state index in [1.165, 1.54) is 18.3 Å². The van der Waals surface area contributed by atoms with Gasteiger partial charge in [0.1, 0.15) is 11.6 Å². The van der Waals surface area contributed by atoms with Crippen molar-refractivity contribution >= 4 is 39.4 Å². The maximum absolute atomic E-state index is 12.5. The van der Waals surface area contributed by atoms with Gasteiger partial charge in [0.15, 0.2) is 11.2 Å². The standard InChI is InChI=1S/C22H20N4O4S/c1-12-11-31-22(23-12)26-20(27)13(2)30-21(28)15-6-9-17-18(10-15)25-19(24-17)14-4-7-16(29-3)8-5-14/h4-11,13H,1-3H3,(H,24,25)(H,23,26,27). The number of imidazole rings is 1. The van der Waals surface area contributed by atoms with Crippen molar-refractivity contribution in [2.45, 2.75) is 20.0 Å². The third kappa shape index (κ3) is 4.56. The zero-order valence-corrected chi connectivity index (χ0v) is 17.9. The molecule has 0 fully saturated rings. The van der Waals surface area contributed by atoms with Gasteiger partial charge in [0.2, 0.25) is 0 Å². The molecule has 0 saturated carbocycles. The van der Waals surface area contributed by atoms with Crippen molar-refractivity contribution < 1.29 is 19.1 Å². The summed E-state index contributed by atoms with van der Waals surface area (Å²) in [6, 6.07) is 12.5. The normalized spacial score (nSPS) is 11.8. The lowest BCUT2D eigenvalue weighted by molar-refractivity contribution is -0.123. The van der Waals surface area contributed by atoms with Crippen molar-refractivity contribution in [2.24, 2.45) is 0 Å². The SMILES string of the molecule is COc1ccc(-c2nc3ccc(C(=O)OC(C)C(=O)Nc4nc(C)cs4)cc3[nH]2)cc1. The fourth-order valence-corrected chi connectivity index (χ4v) is 3.61. The Kier molecular flexibility index (Phi) is 5.68. The molecule has 0 radical (unpaired) electrons. The van der Waals surface area contributed by atoms with Crippen LogP contribution in [0.1, 0.15) is 23.0 Å². The number of aryl methyl sites for hydroxylation is 1. The van der Waals surface area contributed by atoms with E-state index in [2.05, 4.69) is 20.3 Å². The van der Waals surface area contributed by atoms with E-state index in [0.717, 1.165) is 17.0 Å². The average molecular weight is 436 g/mol. The molecule has 2 N–H and O–H groups in total. The van der Waals surface area contributed by atoms with Gasteiger partial charge in [-0.05, 0) is 56.3 Å². The minimum Gasteiger partial charge on any atom is -0.497 e. The van der Waals surface area contributed by atoms with E-state index in [1.54, 1.807) is 25.3 Å². The van der Waals surface area contributed by atoms with Crippen molar-refractivity contribution in [3.05, 3.63) is 59.1 Å². The molecule has 4 rings (SSSR count). The number of fused-ring (bicyclic) bond motifs is 1. The van der Waals surface area contributed by atoms with E-state index in [9.17, 15) is 9.59 Å². The molecule has 9 heteroatoms. The Morgan fingerprint density at radius 3 is 2.58 bits per heavy atom. The lowest BCUT2D eigenvalue weighted by Gasteiger charge is -2.12. The quantitative estimate of drug-likeness (QED) is 0.439. The fourth-order valence-electron chi connectivity index (χ4n) is 2.92. The number of ether oxygens (including phenoxy) is 2. The number of anilines is 1. The molecule has 2 aromatic heterocycles. The van der Waals surface area contributed by atoms with Gasteiger partial charge in [0, 0.05) is 10.9 Å². The van der Waals surface area contributed by atoms with Crippen LogP contribution in [0.3, 0.4) is 0 Å². The summed E-state index contributed by atoms with van der Waals surface area (Å²) in [5.41, 5.74) is 3.43. The third-order valence-corrected chi connectivity index (χ3v) is 5.46. The number of carbonyl (C=O) groups excluding carboxylic acids is 2. The van der Waals surface area contributed by atoms with Gasteiger partial charge in [0.25, 0.3) is 5.91 Å². The summed E-state index contributed by atoms with van der Waals surface area (Å²) < 4.78 is 10.5. The second-order valence-electron chi connectivity index (χ2n) is 6.88. The van der Waals surface area contributed by atoms with E-state index in [0.29, 0.717) is 27.6 Å². The van der Waals surface area contributed by atoms with Crippen LogP contribution in [0.2, 0.25) is 0 Å². The lowest BCUT2D eigenvalue weighted by Crippen LogP contribution is -2.30. The van der Waals surface area contributed by atoms with Crippen LogP contribution in [0.25, 0.3) is 22.4 Å². The number of aromatic nitrogens is 3. The summed E-state index contributed by atoms with van der Waals surface area (Å²) >= 11 is 1.31. The smallest absolute Gasteiger partial charge is 0.338 e. The molecule has 0 aliphatic heterocycles. The maximum atomic E-state index is 12.5. The van der Waals surface area contributed by atoms with E-state index < -0.39 is 18.0 Å². The molecular formula is C22H20N4O4S. The molecule has 8 nitrogen and oxygen atoms in total. The first-order valence-electron chi connectivity index (χ1n) is 9.51. The molecule has 2 heterocycles. The van der Waals surface area contributed by atoms with Crippen LogP contribution < -0.4 is 10.1 Å². The van der Waals surface area contributed by atoms with Gasteiger partial charge in [0.05, 0.1) is 29.4 Å². The van der Waals surface area contributed by atoms with Crippen molar-refractivity contribution in [1.82, 2.24) is 15.0 Å². The summed E-state index contributed by atoms with van der Waals surface area (Å²) in [4.78, 5) is 36.7. The monoisotopic (exact) mass is 436 g/mol. The molecule has 0 aliphatic carbocycles.